The molecule has 1 aliphatic carbocycles. The largest absolute Gasteiger partial charge is 0.494 e. The van der Waals surface area contributed by atoms with E-state index >= 15 is 0 Å². The van der Waals surface area contributed by atoms with Gasteiger partial charge >= 0.3 is 6.03 Å². The van der Waals surface area contributed by atoms with Gasteiger partial charge in [0.2, 0.25) is 10.0 Å². The molecular formula is C18H29N3O4S. The number of carbonyl (C=O) groups excluding carboxylic acids is 1. The van der Waals surface area contributed by atoms with Gasteiger partial charge in [-0.2, -0.15) is 0 Å². The van der Waals surface area contributed by atoms with Crippen LogP contribution in [0.1, 0.15) is 39.0 Å². The molecule has 1 saturated carbocycles. The molecule has 0 unspecified atom stereocenters. The smallest absolute Gasteiger partial charge is 0.315 e. The minimum atomic E-state index is -3.45. The molecule has 0 atom stereocenters. The molecule has 1 aliphatic rings. The van der Waals surface area contributed by atoms with Crippen LogP contribution in [0, 0.1) is 0 Å². The fourth-order valence-electron chi connectivity index (χ4n) is 3.12. The predicted octanol–water partition coefficient (Wildman–Crippen LogP) is 2.48. The summed E-state index contributed by atoms with van der Waals surface area (Å²) in [7, 11) is -3.45. The Balaban J connectivity index is 1.88. The second-order valence-corrected chi connectivity index (χ2v) is 8.40. The lowest BCUT2D eigenvalue weighted by atomic mass is 9.96. The van der Waals surface area contributed by atoms with Crippen molar-refractivity contribution in [2.75, 3.05) is 30.3 Å². The first-order valence-corrected chi connectivity index (χ1v) is 11.0. The Kier molecular flexibility index (Phi) is 7.56. The zero-order valence-corrected chi connectivity index (χ0v) is 16.3. The summed E-state index contributed by atoms with van der Waals surface area (Å²) in [6.45, 7) is 2.85. The summed E-state index contributed by atoms with van der Waals surface area (Å²) in [5.41, 5.74) is 0.547. The van der Waals surface area contributed by atoms with Crippen molar-refractivity contribution in [1.82, 2.24) is 10.6 Å². The van der Waals surface area contributed by atoms with Gasteiger partial charge < -0.3 is 15.4 Å². The van der Waals surface area contributed by atoms with Gasteiger partial charge in [0.1, 0.15) is 5.75 Å². The standard InChI is InChI=1S/C18H29N3O4S/c1-3-25-17-11-9-16(10-12-17)21(26(2,23)24)14-13-19-18(22)20-15-7-5-4-6-8-15/h9-12,15H,3-8,13-14H2,1-2H3,(H2,19,20,22). The maximum atomic E-state index is 12.1. The van der Waals surface area contributed by atoms with Crippen molar-refractivity contribution in [1.29, 1.82) is 0 Å². The normalized spacial score (nSPS) is 15.3. The molecule has 0 heterocycles. The van der Waals surface area contributed by atoms with Crippen molar-refractivity contribution >= 4 is 21.7 Å². The van der Waals surface area contributed by atoms with Gasteiger partial charge in [0, 0.05) is 12.6 Å². The van der Waals surface area contributed by atoms with E-state index in [9.17, 15) is 13.2 Å². The summed E-state index contributed by atoms with van der Waals surface area (Å²) in [6, 6.07) is 6.86. The predicted molar refractivity (Wildman–Crippen MR) is 103 cm³/mol. The highest BCUT2D eigenvalue weighted by Crippen LogP contribution is 2.21. The van der Waals surface area contributed by atoms with E-state index in [4.69, 9.17) is 4.74 Å². The van der Waals surface area contributed by atoms with Crippen molar-refractivity contribution in [3.63, 3.8) is 0 Å². The van der Waals surface area contributed by atoms with E-state index in [1.165, 1.54) is 10.7 Å². The highest BCUT2D eigenvalue weighted by Gasteiger charge is 2.19. The van der Waals surface area contributed by atoms with Crippen molar-refractivity contribution in [2.45, 2.75) is 45.1 Å². The summed E-state index contributed by atoms with van der Waals surface area (Å²) in [5.74, 6) is 0.690. The van der Waals surface area contributed by atoms with Crippen molar-refractivity contribution in [3.8, 4) is 5.75 Å². The minimum Gasteiger partial charge on any atom is -0.494 e. The lowest BCUT2D eigenvalue weighted by Gasteiger charge is -2.25. The summed E-state index contributed by atoms with van der Waals surface area (Å²) < 4.78 is 30.9. The third-order valence-electron chi connectivity index (χ3n) is 4.38. The van der Waals surface area contributed by atoms with Gasteiger partial charge in [-0.1, -0.05) is 19.3 Å². The number of urea groups is 1. The van der Waals surface area contributed by atoms with Gasteiger partial charge in [-0.05, 0) is 44.0 Å². The van der Waals surface area contributed by atoms with Crippen LogP contribution in [-0.4, -0.2) is 46.4 Å². The molecule has 1 aromatic rings. The summed E-state index contributed by atoms with van der Waals surface area (Å²) in [4.78, 5) is 12.0. The Hall–Kier alpha value is -1.96. The average Bonchev–Trinajstić information content (AvgIpc) is 2.60. The first-order chi connectivity index (χ1) is 12.4. The molecule has 1 fully saturated rings. The SMILES string of the molecule is CCOc1ccc(N(CCNC(=O)NC2CCCCC2)S(C)(=O)=O)cc1. The highest BCUT2D eigenvalue weighted by atomic mass is 32.2. The van der Waals surface area contributed by atoms with Crippen molar-refractivity contribution in [3.05, 3.63) is 24.3 Å². The Morgan fingerprint density at radius 1 is 1.19 bits per heavy atom. The van der Waals surface area contributed by atoms with Gasteiger partial charge in [-0.3, -0.25) is 4.31 Å². The van der Waals surface area contributed by atoms with Crippen LogP contribution in [0.25, 0.3) is 0 Å². The van der Waals surface area contributed by atoms with Gasteiger partial charge in [-0.25, -0.2) is 13.2 Å². The Labute approximate surface area is 156 Å². The summed E-state index contributed by atoms with van der Waals surface area (Å²) in [6.07, 6.45) is 6.69. The van der Waals surface area contributed by atoms with Gasteiger partial charge in [0.25, 0.3) is 0 Å². The molecule has 26 heavy (non-hydrogen) atoms. The minimum absolute atomic E-state index is 0.172. The highest BCUT2D eigenvalue weighted by molar-refractivity contribution is 7.92. The molecule has 0 radical (unpaired) electrons. The molecule has 0 saturated heterocycles. The zero-order chi connectivity index (χ0) is 19.0. The summed E-state index contributed by atoms with van der Waals surface area (Å²) in [5, 5.41) is 5.71. The monoisotopic (exact) mass is 383 g/mol. The molecule has 0 aromatic heterocycles. The topological polar surface area (TPSA) is 87.7 Å². The van der Waals surface area contributed by atoms with Gasteiger partial charge in [-0.15, -0.1) is 0 Å². The van der Waals surface area contributed by atoms with E-state index in [-0.39, 0.29) is 25.2 Å². The number of hydrogen-bond acceptors (Lipinski definition) is 4. The number of anilines is 1. The fraction of sp³-hybridized carbons (Fsp3) is 0.611. The van der Waals surface area contributed by atoms with Crippen LogP contribution in [0.5, 0.6) is 5.75 Å². The van der Waals surface area contributed by atoms with E-state index in [2.05, 4.69) is 10.6 Å². The third-order valence-corrected chi connectivity index (χ3v) is 5.57. The number of nitrogens with zero attached hydrogens (tertiary/aromatic N) is 1. The molecule has 1 aromatic carbocycles. The van der Waals surface area contributed by atoms with E-state index < -0.39 is 10.0 Å². The Bertz CT molecular complexity index is 670. The molecule has 2 amide bonds. The van der Waals surface area contributed by atoms with Crippen LogP contribution < -0.4 is 19.7 Å². The first kappa shape index (κ1) is 20.4. The second kappa shape index (κ2) is 9.66. The van der Waals surface area contributed by atoms with E-state index in [1.807, 2.05) is 6.92 Å². The zero-order valence-electron chi connectivity index (χ0n) is 15.5. The molecule has 2 N–H and O–H groups in total. The van der Waals surface area contributed by atoms with E-state index in [0.717, 1.165) is 31.9 Å². The van der Waals surface area contributed by atoms with Gasteiger partial charge in [0.05, 0.1) is 25.1 Å². The maximum Gasteiger partial charge on any atom is 0.315 e. The molecule has 2 rings (SSSR count). The fourth-order valence-corrected chi connectivity index (χ4v) is 4.04. The number of amides is 2. The number of rotatable bonds is 8. The second-order valence-electron chi connectivity index (χ2n) is 6.50. The van der Waals surface area contributed by atoms with E-state index in [0.29, 0.717) is 18.0 Å². The Morgan fingerprint density at radius 2 is 1.85 bits per heavy atom. The number of ether oxygens (including phenoxy) is 1. The summed E-state index contributed by atoms with van der Waals surface area (Å²) >= 11 is 0. The van der Waals surface area contributed by atoms with Gasteiger partial charge in [0.15, 0.2) is 0 Å². The number of sulfonamides is 1. The molecule has 0 aliphatic heterocycles. The first-order valence-electron chi connectivity index (χ1n) is 9.15. The number of nitrogens with one attached hydrogen (secondary N) is 2. The number of hydrogen-bond donors (Lipinski definition) is 2. The average molecular weight is 384 g/mol. The number of benzene rings is 1. The Morgan fingerprint density at radius 3 is 2.42 bits per heavy atom. The van der Waals surface area contributed by atoms with Crippen LogP contribution >= 0.6 is 0 Å². The van der Waals surface area contributed by atoms with Crippen molar-refractivity contribution < 1.29 is 17.9 Å². The lowest BCUT2D eigenvalue weighted by molar-refractivity contribution is 0.233. The molecule has 7 nitrogen and oxygen atoms in total. The molecule has 146 valence electrons. The quantitative estimate of drug-likeness (QED) is 0.722. The maximum absolute atomic E-state index is 12.1. The molecule has 0 spiro atoms. The van der Waals surface area contributed by atoms with Crippen LogP contribution in [0.3, 0.4) is 0 Å². The van der Waals surface area contributed by atoms with E-state index in [1.54, 1.807) is 24.3 Å². The van der Waals surface area contributed by atoms with Crippen LogP contribution in [0.2, 0.25) is 0 Å². The van der Waals surface area contributed by atoms with Crippen LogP contribution in [-0.2, 0) is 10.0 Å². The lowest BCUT2D eigenvalue weighted by Crippen LogP contribution is -2.45. The van der Waals surface area contributed by atoms with Crippen molar-refractivity contribution in [2.24, 2.45) is 0 Å². The third kappa shape index (κ3) is 6.40. The molecule has 8 heteroatoms. The molecule has 0 bridgehead atoms. The number of carbonyl (C=O) groups is 1. The van der Waals surface area contributed by atoms with Crippen LogP contribution in [0.4, 0.5) is 10.5 Å². The molecular weight excluding hydrogens is 354 g/mol. The van der Waals surface area contributed by atoms with Crippen LogP contribution in [0.15, 0.2) is 24.3 Å².